The van der Waals surface area contributed by atoms with Gasteiger partial charge in [-0.05, 0) is 29.8 Å². The van der Waals surface area contributed by atoms with Gasteiger partial charge < -0.3 is 5.32 Å². The van der Waals surface area contributed by atoms with Crippen molar-refractivity contribution in [1.29, 1.82) is 0 Å². The van der Waals surface area contributed by atoms with Crippen molar-refractivity contribution in [2.75, 3.05) is 5.32 Å². The first-order valence-corrected chi connectivity index (χ1v) is 10.2. The molecule has 0 fully saturated rings. The van der Waals surface area contributed by atoms with E-state index in [1.807, 2.05) is 54.0 Å². The summed E-state index contributed by atoms with van der Waals surface area (Å²) >= 11 is 12.5. The average Bonchev–Trinajstić information content (AvgIpc) is 3.37. The van der Waals surface area contributed by atoms with Crippen molar-refractivity contribution >= 4 is 40.6 Å². The molecule has 5 aromatic rings. The van der Waals surface area contributed by atoms with Gasteiger partial charge in [-0.15, -0.1) is 10.2 Å². The second-order valence-corrected chi connectivity index (χ2v) is 7.67. The van der Waals surface area contributed by atoms with Gasteiger partial charge in [0.2, 0.25) is 5.95 Å². The summed E-state index contributed by atoms with van der Waals surface area (Å²) in [5, 5.41) is 17.0. The van der Waals surface area contributed by atoms with Crippen molar-refractivity contribution < 1.29 is 0 Å². The number of rotatable bonds is 5. The monoisotopic (exact) mass is 450 g/mol. The Morgan fingerprint density at radius 3 is 2.77 bits per heavy atom. The predicted octanol–water partition coefficient (Wildman–Crippen LogP) is 4.56. The Kier molecular flexibility index (Phi) is 5.01. The Bertz CT molecular complexity index is 1390. The molecule has 4 heterocycles. The molecule has 0 aliphatic heterocycles. The minimum absolute atomic E-state index is 0.485. The quantitative estimate of drug-likeness (QED) is 0.422. The van der Waals surface area contributed by atoms with Crippen LogP contribution in [0.4, 0.5) is 11.8 Å². The maximum absolute atomic E-state index is 6.33. The number of nitrogens with zero attached hydrogens (tertiary/aromatic N) is 7. The molecule has 0 saturated heterocycles. The number of aryl methyl sites for hydroxylation is 1. The van der Waals surface area contributed by atoms with Crippen LogP contribution in [0, 0.1) is 0 Å². The van der Waals surface area contributed by atoms with E-state index >= 15 is 0 Å². The second-order valence-electron chi connectivity index (χ2n) is 6.88. The molecule has 0 amide bonds. The fourth-order valence-corrected chi connectivity index (χ4v) is 3.65. The zero-order valence-corrected chi connectivity index (χ0v) is 17.9. The summed E-state index contributed by atoms with van der Waals surface area (Å²) in [4.78, 5) is 8.90. The summed E-state index contributed by atoms with van der Waals surface area (Å²) in [5.41, 5.74) is 3.28. The van der Waals surface area contributed by atoms with Crippen molar-refractivity contribution in [2.45, 2.75) is 6.42 Å². The van der Waals surface area contributed by atoms with E-state index in [1.54, 1.807) is 23.1 Å². The molecule has 0 atom stereocenters. The normalized spacial score (nSPS) is 11.2. The molecule has 0 aliphatic carbocycles. The maximum Gasteiger partial charge on any atom is 0.228 e. The van der Waals surface area contributed by atoms with Gasteiger partial charge in [0, 0.05) is 37.5 Å². The van der Waals surface area contributed by atoms with Crippen LogP contribution in [-0.4, -0.2) is 34.3 Å². The summed E-state index contributed by atoms with van der Waals surface area (Å²) < 4.78 is 3.64. The van der Waals surface area contributed by atoms with Crippen molar-refractivity contribution in [2.24, 2.45) is 7.05 Å². The SMILES string of the molecule is Cn1nccc1Nc1nccc(-c2ccn3c(Cc4cccc(Cl)c4Cl)nnc3c2)n1. The van der Waals surface area contributed by atoms with E-state index in [4.69, 9.17) is 23.2 Å². The highest BCUT2D eigenvalue weighted by molar-refractivity contribution is 6.42. The summed E-state index contributed by atoms with van der Waals surface area (Å²) in [5.74, 6) is 2.06. The number of aromatic nitrogens is 7. The molecule has 31 heavy (non-hydrogen) atoms. The summed E-state index contributed by atoms with van der Waals surface area (Å²) in [6.45, 7) is 0. The van der Waals surface area contributed by atoms with Crippen LogP contribution in [0.2, 0.25) is 10.0 Å². The molecule has 10 heteroatoms. The average molecular weight is 451 g/mol. The Labute approximate surface area is 187 Å². The lowest BCUT2D eigenvalue weighted by Crippen LogP contribution is -2.03. The van der Waals surface area contributed by atoms with Crippen LogP contribution in [0.1, 0.15) is 11.4 Å². The lowest BCUT2D eigenvalue weighted by atomic mass is 10.1. The molecule has 0 radical (unpaired) electrons. The van der Waals surface area contributed by atoms with Gasteiger partial charge in [-0.2, -0.15) is 5.10 Å². The van der Waals surface area contributed by atoms with Gasteiger partial charge in [-0.25, -0.2) is 9.97 Å². The van der Waals surface area contributed by atoms with Crippen LogP contribution in [-0.2, 0) is 13.5 Å². The number of hydrogen-bond donors (Lipinski definition) is 1. The maximum atomic E-state index is 6.33. The first-order chi connectivity index (χ1) is 15.1. The molecule has 4 aromatic heterocycles. The van der Waals surface area contributed by atoms with Gasteiger partial charge in [0.05, 0.1) is 21.9 Å². The van der Waals surface area contributed by atoms with Crippen LogP contribution < -0.4 is 5.32 Å². The zero-order chi connectivity index (χ0) is 21.4. The van der Waals surface area contributed by atoms with Crippen LogP contribution in [0.15, 0.2) is 61.1 Å². The molecule has 1 N–H and O–H groups in total. The number of halogens is 2. The van der Waals surface area contributed by atoms with Crippen molar-refractivity contribution in [3.63, 3.8) is 0 Å². The summed E-state index contributed by atoms with van der Waals surface area (Å²) in [6.07, 6.45) is 5.86. The van der Waals surface area contributed by atoms with E-state index in [-0.39, 0.29) is 0 Å². The van der Waals surface area contributed by atoms with E-state index < -0.39 is 0 Å². The lowest BCUT2D eigenvalue weighted by molar-refractivity contribution is 0.775. The van der Waals surface area contributed by atoms with Crippen molar-refractivity contribution in [1.82, 2.24) is 34.3 Å². The van der Waals surface area contributed by atoms with E-state index in [1.165, 1.54) is 0 Å². The van der Waals surface area contributed by atoms with Crippen LogP contribution in [0.3, 0.4) is 0 Å². The molecule has 0 spiro atoms. The van der Waals surface area contributed by atoms with Gasteiger partial charge in [-0.1, -0.05) is 35.3 Å². The Morgan fingerprint density at radius 2 is 1.94 bits per heavy atom. The van der Waals surface area contributed by atoms with Crippen molar-refractivity contribution in [3.8, 4) is 11.3 Å². The smallest absolute Gasteiger partial charge is 0.228 e. The predicted molar refractivity (Wildman–Crippen MR) is 120 cm³/mol. The van der Waals surface area contributed by atoms with Crippen LogP contribution in [0.5, 0.6) is 0 Å². The second kappa shape index (κ2) is 7.98. The number of hydrogen-bond acceptors (Lipinski definition) is 6. The van der Waals surface area contributed by atoms with Crippen LogP contribution >= 0.6 is 23.2 Å². The lowest BCUT2D eigenvalue weighted by Gasteiger charge is -2.07. The van der Waals surface area contributed by atoms with Gasteiger partial charge >= 0.3 is 0 Å². The minimum atomic E-state index is 0.485. The number of nitrogens with one attached hydrogen (secondary N) is 1. The molecule has 0 bridgehead atoms. The molecular formula is C21H16Cl2N8. The molecule has 0 unspecified atom stereocenters. The zero-order valence-electron chi connectivity index (χ0n) is 16.4. The molecule has 0 saturated carbocycles. The topological polar surface area (TPSA) is 85.8 Å². The number of fused-ring (bicyclic) bond motifs is 1. The van der Waals surface area contributed by atoms with E-state index in [0.717, 1.165) is 28.5 Å². The summed E-state index contributed by atoms with van der Waals surface area (Å²) in [7, 11) is 1.85. The number of pyridine rings is 1. The molecule has 154 valence electrons. The molecule has 5 rings (SSSR count). The standard InChI is InChI=1S/C21H16Cl2N8/c1-30-17(6-9-25-30)27-21-24-8-5-16(26-21)13-7-10-31-18(11-13)28-29-19(31)12-14-3-2-4-15(22)20(14)23/h2-11H,12H2,1H3,(H,24,26,27). The number of benzene rings is 1. The Balaban J connectivity index is 1.44. The van der Waals surface area contributed by atoms with Gasteiger partial charge in [0.1, 0.15) is 11.6 Å². The fourth-order valence-electron chi connectivity index (χ4n) is 3.27. The van der Waals surface area contributed by atoms with Gasteiger partial charge in [-0.3, -0.25) is 9.08 Å². The van der Waals surface area contributed by atoms with Gasteiger partial charge in [0.25, 0.3) is 0 Å². The Hall–Kier alpha value is -3.49. The first kappa shape index (κ1) is 19.5. The first-order valence-electron chi connectivity index (χ1n) is 9.43. The third kappa shape index (κ3) is 3.83. The largest absolute Gasteiger partial charge is 0.309 e. The Morgan fingerprint density at radius 1 is 1.03 bits per heavy atom. The molecule has 1 aromatic carbocycles. The number of anilines is 2. The van der Waals surface area contributed by atoms with Crippen LogP contribution in [0.25, 0.3) is 16.9 Å². The van der Waals surface area contributed by atoms with Gasteiger partial charge in [0.15, 0.2) is 5.65 Å². The third-order valence-electron chi connectivity index (χ3n) is 4.87. The fraction of sp³-hybridized carbons (Fsp3) is 0.0952. The summed E-state index contributed by atoms with van der Waals surface area (Å²) in [6, 6.07) is 13.2. The molecular weight excluding hydrogens is 435 g/mol. The third-order valence-corrected chi connectivity index (χ3v) is 5.73. The van der Waals surface area contributed by atoms with E-state index in [9.17, 15) is 0 Å². The van der Waals surface area contributed by atoms with E-state index in [0.29, 0.717) is 28.1 Å². The molecule has 0 aliphatic rings. The van der Waals surface area contributed by atoms with E-state index in [2.05, 4.69) is 30.6 Å². The highest BCUT2D eigenvalue weighted by Crippen LogP contribution is 2.27. The minimum Gasteiger partial charge on any atom is -0.309 e. The molecule has 8 nitrogen and oxygen atoms in total. The highest BCUT2D eigenvalue weighted by atomic mass is 35.5. The highest BCUT2D eigenvalue weighted by Gasteiger charge is 2.12. The van der Waals surface area contributed by atoms with Crippen molar-refractivity contribution in [3.05, 3.63) is 82.5 Å².